The Hall–Kier alpha value is -1.59. The second-order valence-corrected chi connectivity index (χ2v) is 6.47. The number of halogens is 1. The molecule has 136 valence electrons. The molecule has 0 fully saturated rings. The van der Waals surface area contributed by atoms with Gasteiger partial charge in [-0.2, -0.15) is 0 Å². The maximum absolute atomic E-state index is 4.49. The van der Waals surface area contributed by atoms with Gasteiger partial charge in [-0.05, 0) is 51.5 Å². The number of H-pyrrole nitrogens is 1. The summed E-state index contributed by atoms with van der Waals surface area (Å²) in [6, 6.07) is 10.9. The van der Waals surface area contributed by atoms with Crippen LogP contribution in [0.5, 0.6) is 0 Å². The molecule has 0 saturated heterocycles. The second kappa shape index (κ2) is 9.20. The van der Waals surface area contributed by atoms with Gasteiger partial charge in [-0.1, -0.05) is 32.0 Å². The van der Waals surface area contributed by atoms with Crippen molar-refractivity contribution >= 4 is 44.6 Å². The van der Waals surface area contributed by atoms with Gasteiger partial charge < -0.3 is 15.2 Å². The number of para-hydroxylation sites is 1. The number of nitrogens with one attached hydrogen (secondary N) is 2. The molecule has 0 radical (unpaired) electrons. The van der Waals surface area contributed by atoms with E-state index >= 15 is 0 Å². The average molecular weight is 405 g/mol. The molecule has 2 heterocycles. The third kappa shape index (κ3) is 4.53. The third-order valence-corrected chi connectivity index (χ3v) is 4.81. The van der Waals surface area contributed by atoms with Gasteiger partial charge in [-0.25, -0.2) is 4.98 Å². The van der Waals surface area contributed by atoms with Crippen LogP contribution in [0.2, 0.25) is 0 Å². The quantitative estimate of drug-likeness (QED) is 0.540. The van der Waals surface area contributed by atoms with Crippen LogP contribution >= 0.6 is 17.0 Å². The van der Waals surface area contributed by atoms with Crippen molar-refractivity contribution in [2.75, 3.05) is 25.0 Å². The predicted octanol–water partition coefficient (Wildman–Crippen LogP) is 5.22. The number of hydrogen-bond acceptors (Lipinski definition) is 3. The summed E-state index contributed by atoms with van der Waals surface area (Å²) in [7, 11) is 0. The lowest BCUT2D eigenvalue weighted by atomic mass is 10.1. The number of aromatic amines is 1. The van der Waals surface area contributed by atoms with Crippen LogP contribution in [-0.2, 0) is 0 Å². The highest BCUT2D eigenvalue weighted by Crippen LogP contribution is 2.30. The molecule has 3 rings (SSSR count). The Bertz CT molecular complexity index is 795. The zero-order valence-electron chi connectivity index (χ0n) is 15.4. The number of pyridine rings is 1. The maximum atomic E-state index is 4.49. The van der Waals surface area contributed by atoms with Crippen molar-refractivity contribution in [2.24, 2.45) is 0 Å². The lowest BCUT2D eigenvalue weighted by Gasteiger charge is -2.20. The fourth-order valence-corrected chi connectivity index (χ4v) is 3.39. The Morgan fingerprint density at radius 1 is 1.16 bits per heavy atom. The van der Waals surface area contributed by atoms with Gasteiger partial charge in [0.1, 0.15) is 5.65 Å². The smallest absolute Gasteiger partial charge is 0.140 e. The fourth-order valence-electron chi connectivity index (χ4n) is 3.39. The minimum absolute atomic E-state index is 0. The van der Waals surface area contributed by atoms with Gasteiger partial charge in [0.2, 0.25) is 0 Å². The van der Waals surface area contributed by atoms with Crippen LogP contribution < -0.4 is 5.32 Å². The minimum Gasteiger partial charge on any atom is -0.382 e. The highest BCUT2D eigenvalue weighted by atomic mass is 79.9. The molecule has 4 nitrogen and oxygen atoms in total. The number of aromatic nitrogens is 2. The molecule has 0 aliphatic carbocycles. The molecule has 0 bridgehead atoms. The molecule has 0 aliphatic heterocycles. The first-order valence-corrected chi connectivity index (χ1v) is 9.07. The van der Waals surface area contributed by atoms with Crippen LogP contribution in [0.1, 0.15) is 33.6 Å². The van der Waals surface area contributed by atoms with Crippen LogP contribution in [0.15, 0.2) is 36.5 Å². The molecule has 1 aromatic carbocycles. The predicted molar refractivity (Wildman–Crippen MR) is 114 cm³/mol. The van der Waals surface area contributed by atoms with Crippen molar-refractivity contribution in [3.8, 4) is 0 Å². The zero-order valence-corrected chi connectivity index (χ0v) is 17.1. The molecule has 2 N–H and O–H groups in total. The number of fused-ring (bicyclic) bond motifs is 3. The number of rotatable bonds is 8. The second-order valence-electron chi connectivity index (χ2n) is 6.47. The molecule has 1 atom stereocenters. The Morgan fingerprint density at radius 3 is 2.68 bits per heavy atom. The summed E-state index contributed by atoms with van der Waals surface area (Å²) >= 11 is 0. The normalized spacial score (nSPS) is 12.5. The van der Waals surface area contributed by atoms with E-state index in [2.05, 4.69) is 71.3 Å². The first-order chi connectivity index (χ1) is 11.7. The summed E-state index contributed by atoms with van der Waals surface area (Å²) in [6.07, 6.45) is 4.27. The molecule has 3 aromatic rings. The average Bonchev–Trinajstić information content (AvgIpc) is 2.98. The monoisotopic (exact) mass is 404 g/mol. The van der Waals surface area contributed by atoms with Crippen LogP contribution in [-0.4, -0.2) is 40.5 Å². The van der Waals surface area contributed by atoms with E-state index in [1.54, 1.807) is 0 Å². The molecular weight excluding hydrogens is 376 g/mol. The van der Waals surface area contributed by atoms with Gasteiger partial charge >= 0.3 is 0 Å². The van der Waals surface area contributed by atoms with E-state index in [1.165, 1.54) is 35.8 Å². The van der Waals surface area contributed by atoms with Gasteiger partial charge in [0.25, 0.3) is 0 Å². The summed E-state index contributed by atoms with van der Waals surface area (Å²) in [4.78, 5) is 10.4. The van der Waals surface area contributed by atoms with Gasteiger partial charge in [-0.15, -0.1) is 17.0 Å². The van der Waals surface area contributed by atoms with Crippen LogP contribution in [0, 0.1) is 0 Å². The van der Waals surface area contributed by atoms with Crippen molar-refractivity contribution < 1.29 is 0 Å². The molecule has 0 amide bonds. The van der Waals surface area contributed by atoms with Crippen molar-refractivity contribution in [1.82, 2.24) is 14.9 Å². The number of benzene rings is 1. The van der Waals surface area contributed by atoms with Crippen molar-refractivity contribution in [2.45, 2.75) is 39.7 Å². The minimum atomic E-state index is 0. The van der Waals surface area contributed by atoms with E-state index in [-0.39, 0.29) is 17.0 Å². The van der Waals surface area contributed by atoms with E-state index in [0.717, 1.165) is 24.3 Å². The molecule has 5 heteroatoms. The van der Waals surface area contributed by atoms with Gasteiger partial charge in [0.15, 0.2) is 0 Å². The van der Waals surface area contributed by atoms with E-state index in [0.29, 0.717) is 6.04 Å². The maximum Gasteiger partial charge on any atom is 0.140 e. The van der Waals surface area contributed by atoms with Crippen LogP contribution in [0.25, 0.3) is 21.9 Å². The summed E-state index contributed by atoms with van der Waals surface area (Å²) in [5.74, 6) is 0. The standard InChI is InChI=1S/C20H28N4.BrH/c1-4-24(5-2)14-8-9-15(3)22-18-12-13-21-20-19(18)16-10-6-7-11-17(16)23-20;/h6-7,10-13,15H,4-5,8-9,14H2,1-3H3,(H2,21,22,23);1H. The third-order valence-electron chi connectivity index (χ3n) is 4.81. The lowest BCUT2D eigenvalue weighted by molar-refractivity contribution is 0.295. The van der Waals surface area contributed by atoms with Crippen LogP contribution in [0.3, 0.4) is 0 Å². The Morgan fingerprint density at radius 2 is 1.92 bits per heavy atom. The highest BCUT2D eigenvalue weighted by Gasteiger charge is 2.11. The van der Waals surface area contributed by atoms with E-state index < -0.39 is 0 Å². The molecule has 0 saturated carbocycles. The zero-order chi connectivity index (χ0) is 16.9. The largest absolute Gasteiger partial charge is 0.382 e. The Balaban J connectivity index is 0.00000225. The highest BCUT2D eigenvalue weighted by molar-refractivity contribution is 8.93. The molecular formula is C20H29BrN4. The van der Waals surface area contributed by atoms with E-state index in [1.807, 2.05) is 6.20 Å². The SMILES string of the molecule is Br.CCN(CC)CCCC(C)Nc1ccnc2[nH]c3ccccc3c12. The topological polar surface area (TPSA) is 44.0 Å². The van der Waals surface area contributed by atoms with Crippen molar-refractivity contribution in [3.63, 3.8) is 0 Å². The van der Waals surface area contributed by atoms with Gasteiger partial charge in [0.05, 0.1) is 0 Å². The summed E-state index contributed by atoms with van der Waals surface area (Å²) in [5.41, 5.74) is 3.27. The molecule has 0 aliphatic rings. The molecule has 25 heavy (non-hydrogen) atoms. The lowest BCUT2D eigenvalue weighted by Crippen LogP contribution is -2.25. The fraction of sp³-hybridized carbons (Fsp3) is 0.450. The van der Waals surface area contributed by atoms with Crippen molar-refractivity contribution in [3.05, 3.63) is 36.5 Å². The van der Waals surface area contributed by atoms with Gasteiger partial charge in [0, 0.05) is 34.2 Å². The number of nitrogens with zero attached hydrogens (tertiary/aromatic N) is 2. The molecule has 0 spiro atoms. The summed E-state index contributed by atoms with van der Waals surface area (Å²) < 4.78 is 0. The number of hydrogen-bond donors (Lipinski definition) is 2. The Kier molecular flexibility index (Phi) is 7.26. The number of anilines is 1. The first kappa shape index (κ1) is 19.7. The molecule has 1 unspecified atom stereocenters. The summed E-state index contributed by atoms with van der Waals surface area (Å²) in [6.45, 7) is 10.2. The van der Waals surface area contributed by atoms with E-state index in [4.69, 9.17) is 0 Å². The van der Waals surface area contributed by atoms with Gasteiger partial charge in [-0.3, -0.25) is 0 Å². The van der Waals surface area contributed by atoms with Crippen LogP contribution in [0.4, 0.5) is 5.69 Å². The van der Waals surface area contributed by atoms with Crippen molar-refractivity contribution in [1.29, 1.82) is 0 Å². The first-order valence-electron chi connectivity index (χ1n) is 9.07. The Labute approximate surface area is 160 Å². The van der Waals surface area contributed by atoms with E-state index in [9.17, 15) is 0 Å². The molecule has 2 aromatic heterocycles. The summed E-state index contributed by atoms with van der Waals surface area (Å²) in [5, 5.41) is 6.13.